The second kappa shape index (κ2) is 4.92. The number of pyridine rings is 1. The lowest BCUT2D eigenvalue weighted by Gasteiger charge is -2.05. The van der Waals surface area contributed by atoms with Crippen LogP contribution in [0, 0.1) is 5.92 Å². The summed E-state index contributed by atoms with van der Waals surface area (Å²) in [5.74, 6) is 3.54. The molecule has 21 heavy (non-hydrogen) atoms. The molecule has 0 amide bonds. The zero-order valence-electron chi connectivity index (χ0n) is 12.0. The minimum atomic E-state index is 0.640. The van der Waals surface area contributed by atoms with Gasteiger partial charge < -0.3 is 9.73 Å². The van der Waals surface area contributed by atoms with E-state index in [-0.39, 0.29) is 0 Å². The van der Waals surface area contributed by atoms with E-state index in [1.807, 2.05) is 24.4 Å². The summed E-state index contributed by atoms with van der Waals surface area (Å²) in [4.78, 5) is 4.45. The predicted octanol–water partition coefficient (Wildman–Crippen LogP) is 4.56. The van der Waals surface area contributed by atoms with Gasteiger partial charge in [-0.1, -0.05) is 25.1 Å². The van der Waals surface area contributed by atoms with Crippen molar-refractivity contribution in [2.24, 2.45) is 5.92 Å². The summed E-state index contributed by atoms with van der Waals surface area (Å²) in [5.41, 5.74) is 2.04. The summed E-state index contributed by atoms with van der Waals surface area (Å²) in [6.07, 6.45) is 3.13. The van der Waals surface area contributed by atoms with Crippen LogP contribution in [0.4, 0.5) is 5.69 Å². The second-order valence-electron chi connectivity index (χ2n) is 5.89. The van der Waals surface area contributed by atoms with Crippen LogP contribution in [0.25, 0.3) is 10.9 Å². The lowest BCUT2D eigenvalue weighted by atomic mass is 10.2. The van der Waals surface area contributed by atoms with E-state index in [2.05, 4.69) is 41.5 Å². The number of fused-ring (bicyclic) bond motifs is 1. The normalized spacial score (nSPS) is 20.6. The molecule has 2 unspecified atom stereocenters. The molecule has 0 spiro atoms. The maximum Gasteiger partial charge on any atom is 0.123 e. The number of anilines is 1. The summed E-state index contributed by atoms with van der Waals surface area (Å²) < 4.78 is 5.90. The van der Waals surface area contributed by atoms with Crippen LogP contribution in [0.3, 0.4) is 0 Å². The Morgan fingerprint density at radius 3 is 2.95 bits per heavy atom. The number of hydrogen-bond acceptors (Lipinski definition) is 3. The Labute approximate surface area is 124 Å². The Hall–Kier alpha value is -2.29. The molecule has 3 nitrogen and oxygen atoms in total. The van der Waals surface area contributed by atoms with Crippen LogP contribution in [0.5, 0.6) is 0 Å². The van der Waals surface area contributed by atoms with Gasteiger partial charge in [-0.25, -0.2) is 0 Å². The number of benzene rings is 1. The van der Waals surface area contributed by atoms with Gasteiger partial charge in [0.25, 0.3) is 0 Å². The summed E-state index contributed by atoms with van der Waals surface area (Å²) in [6.45, 7) is 2.97. The Kier molecular flexibility index (Phi) is 2.92. The highest BCUT2D eigenvalue weighted by Gasteiger charge is 2.36. The van der Waals surface area contributed by atoms with Crippen molar-refractivity contribution in [2.45, 2.75) is 25.8 Å². The molecular weight excluding hydrogens is 260 g/mol. The molecule has 0 saturated heterocycles. The van der Waals surface area contributed by atoms with Gasteiger partial charge >= 0.3 is 0 Å². The molecule has 1 N–H and O–H groups in total. The van der Waals surface area contributed by atoms with E-state index in [9.17, 15) is 0 Å². The van der Waals surface area contributed by atoms with Crippen molar-refractivity contribution in [2.75, 3.05) is 5.32 Å². The quantitative estimate of drug-likeness (QED) is 0.760. The molecular formula is C18H18N2O. The molecule has 1 aliphatic rings. The molecule has 2 aromatic heterocycles. The minimum absolute atomic E-state index is 0.640. The van der Waals surface area contributed by atoms with Gasteiger partial charge in [-0.2, -0.15) is 0 Å². The number of nitrogens with one attached hydrogen (secondary N) is 1. The molecule has 2 heterocycles. The van der Waals surface area contributed by atoms with E-state index in [0.29, 0.717) is 12.5 Å². The molecule has 0 radical (unpaired) electrons. The number of rotatable bonds is 4. The first kappa shape index (κ1) is 12.5. The Bertz CT molecular complexity index is 777. The number of nitrogens with zero attached hydrogens (tertiary/aromatic N) is 1. The van der Waals surface area contributed by atoms with Crippen molar-refractivity contribution in [3.63, 3.8) is 0 Å². The largest absolute Gasteiger partial charge is 0.464 e. The maximum atomic E-state index is 5.90. The molecule has 0 aliphatic heterocycles. The first-order valence-corrected chi connectivity index (χ1v) is 7.47. The lowest BCUT2D eigenvalue weighted by molar-refractivity contribution is 0.468. The molecule has 4 rings (SSSR count). The van der Waals surface area contributed by atoms with Crippen LogP contribution in [-0.2, 0) is 6.54 Å². The van der Waals surface area contributed by atoms with Crippen molar-refractivity contribution in [3.05, 3.63) is 60.2 Å². The number of furan rings is 1. The topological polar surface area (TPSA) is 38.1 Å². The summed E-state index contributed by atoms with van der Waals surface area (Å²) >= 11 is 0. The van der Waals surface area contributed by atoms with Gasteiger partial charge in [0.05, 0.1) is 23.9 Å². The molecule has 1 aromatic carbocycles. The Morgan fingerprint density at radius 2 is 2.10 bits per heavy atom. The van der Waals surface area contributed by atoms with Crippen molar-refractivity contribution < 1.29 is 4.42 Å². The standard InChI is InChI=1S/C18H18N2O/c1-12-8-16(12)18-7-6-15(21-18)11-19-14-9-13-4-2-3-5-17(13)20-10-14/h2-7,9-10,12,16,19H,8,11H2,1H3. The van der Waals surface area contributed by atoms with Crippen molar-refractivity contribution in [3.8, 4) is 0 Å². The first-order valence-electron chi connectivity index (χ1n) is 7.47. The molecule has 0 bridgehead atoms. The van der Waals surface area contributed by atoms with E-state index in [1.54, 1.807) is 0 Å². The fourth-order valence-electron chi connectivity index (χ4n) is 2.76. The van der Waals surface area contributed by atoms with Gasteiger partial charge in [0.15, 0.2) is 0 Å². The van der Waals surface area contributed by atoms with E-state index >= 15 is 0 Å². The third kappa shape index (κ3) is 2.51. The summed E-state index contributed by atoms with van der Waals surface area (Å²) in [5, 5.41) is 4.53. The third-order valence-electron chi connectivity index (χ3n) is 4.21. The zero-order valence-corrected chi connectivity index (χ0v) is 12.0. The maximum absolute atomic E-state index is 5.90. The Balaban J connectivity index is 1.46. The number of para-hydroxylation sites is 1. The van der Waals surface area contributed by atoms with Crippen LogP contribution in [0.15, 0.2) is 53.1 Å². The predicted molar refractivity (Wildman–Crippen MR) is 84.3 cm³/mol. The summed E-state index contributed by atoms with van der Waals surface area (Å²) in [6, 6.07) is 14.4. The number of hydrogen-bond donors (Lipinski definition) is 1. The zero-order chi connectivity index (χ0) is 14.2. The smallest absolute Gasteiger partial charge is 0.123 e. The van der Waals surface area contributed by atoms with Gasteiger partial charge in [0.1, 0.15) is 11.5 Å². The minimum Gasteiger partial charge on any atom is -0.464 e. The van der Waals surface area contributed by atoms with Gasteiger partial charge in [0.2, 0.25) is 0 Å². The molecule has 1 saturated carbocycles. The van der Waals surface area contributed by atoms with Crippen LogP contribution < -0.4 is 5.32 Å². The average Bonchev–Trinajstić information content (AvgIpc) is 3.07. The molecule has 1 aliphatic carbocycles. The molecule has 3 heteroatoms. The van der Waals surface area contributed by atoms with Crippen LogP contribution in [0.2, 0.25) is 0 Å². The second-order valence-corrected chi connectivity index (χ2v) is 5.89. The van der Waals surface area contributed by atoms with E-state index in [0.717, 1.165) is 34.0 Å². The van der Waals surface area contributed by atoms with Crippen molar-refractivity contribution in [1.82, 2.24) is 4.98 Å². The fourth-order valence-corrected chi connectivity index (χ4v) is 2.76. The van der Waals surface area contributed by atoms with Crippen molar-refractivity contribution >= 4 is 16.6 Å². The number of aromatic nitrogens is 1. The van der Waals surface area contributed by atoms with Crippen LogP contribution >= 0.6 is 0 Å². The van der Waals surface area contributed by atoms with Crippen molar-refractivity contribution in [1.29, 1.82) is 0 Å². The molecule has 3 aromatic rings. The SMILES string of the molecule is CC1CC1c1ccc(CNc2cnc3ccccc3c2)o1. The molecule has 106 valence electrons. The monoisotopic (exact) mass is 278 g/mol. The van der Waals surface area contributed by atoms with E-state index in [1.165, 1.54) is 6.42 Å². The highest BCUT2D eigenvalue weighted by Crippen LogP contribution is 2.47. The van der Waals surface area contributed by atoms with Gasteiger partial charge in [-0.05, 0) is 36.6 Å². The summed E-state index contributed by atoms with van der Waals surface area (Å²) in [7, 11) is 0. The first-order chi connectivity index (χ1) is 10.3. The van der Waals surface area contributed by atoms with E-state index < -0.39 is 0 Å². The van der Waals surface area contributed by atoms with E-state index in [4.69, 9.17) is 4.42 Å². The highest BCUT2D eigenvalue weighted by molar-refractivity contribution is 5.81. The lowest BCUT2D eigenvalue weighted by Crippen LogP contribution is -1.98. The molecule has 1 fully saturated rings. The van der Waals surface area contributed by atoms with Crippen LogP contribution in [-0.4, -0.2) is 4.98 Å². The third-order valence-corrected chi connectivity index (χ3v) is 4.21. The van der Waals surface area contributed by atoms with Crippen LogP contribution in [0.1, 0.15) is 30.8 Å². The fraction of sp³-hybridized carbons (Fsp3) is 0.278. The molecule has 2 atom stereocenters. The van der Waals surface area contributed by atoms with Gasteiger partial charge in [0, 0.05) is 11.3 Å². The average molecular weight is 278 g/mol. The Morgan fingerprint density at radius 1 is 1.24 bits per heavy atom. The highest BCUT2D eigenvalue weighted by atomic mass is 16.3. The van der Waals surface area contributed by atoms with Gasteiger partial charge in [-0.15, -0.1) is 0 Å². The van der Waals surface area contributed by atoms with Gasteiger partial charge in [-0.3, -0.25) is 4.98 Å².